The second-order valence-electron chi connectivity index (χ2n) is 13.3. The summed E-state index contributed by atoms with van der Waals surface area (Å²) in [5.74, 6) is 7.59. The van der Waals surface area contributed by atoms with E-state index >= 15 is 0 Å². The standard InChI is InChI=1S/C32H50O3/c1-7-8-20-34-30(33)35-25-16-18-31(5)24(21-25)12-13-26-28-15-14-27(23(4)11-9-10-22(2)3)32(28,6)19-17-29(26)31/h1,12,22-23,25-29H,8-11,13-21H2,2-6H3/t23-,25+,26+,27-,28+,29+,31+,32-/m1/s1. The van der Waals surface area contributed by atoms with Crippen molar-refractivity contribution < 1.29 is 14.3 Å². The third kappa shape index (κ3) is 5.33. The number of ether oxygens (including phenoxy) is 2. The van der Waals surface area contributed by atoms with Crippen LogP contribution < -0.4 is 0 Å². The molecular weight excluding hydrogens is 432 g/mol. The van der Waals surface area contributed by atoms with E-state index in [0.717, 1.165) is 54.8 Å². The number of allylic oxidation sites excluding steroid dienone is 1. The highest BCUT2D eigenvalue weighted by molar-refractivity contribution is 5.60. The lowest BCUT2D eigenvalue weighted by molar-refractivity contribution is -0.0616. The molecule has 8 atom stereocenters. The predicted octanol–water partition coefficient (Wildman–Crippen LogP) is 8.57. The third-order valence-corrected chi connectivity index (χ3v) is 11.0. The average molecular weight is 483 g/mol. The van der Waals surface area contributed by atoms with E-state index in [0.29, 0.717) is 11.8 Å². The summed E-state index contributed by atoms with van der Waals surface area (Å²) < 4.78 is 10.8. The Labute approximate surface area is 215 Å². The maximum atomic E-state index is 12.1. The minimum absolute atomic E-state index is 0.0550. The van der Waals surface area contributed by atoms with Gasteiger partial charge in [0.15, 0.2) is 0 Å². The Morgan fingerprint density at radius 2 is 1.91 bits per heavy atom. The largest absolute Gasteiger partial charge is 0.508 e. The molecule has 3 heteroatoms. The van der Waals surface area contributed by atoms with Crippen LogP contribution in [0, 0.1) is 58.7 Å². The van der Waals surface area contributed by atoms with Gasteiger partial charge in [-0.05, 0) is 91.3 Å². The molecule has 0 aromatic rings. The fourth-order valence-corrected chi connectivity index (χ4v) is 9.12. The number of rotatable bonds is 8. The summed E-state index contributed by atoms with van der Waals surface area (Å²) in [5, 5.41) is 0. The zero-order valence-electron chi connectivity index (χ0n) is 23.1. The van der Waals surface area contributed by atoms with Crippen molar-refractivity contribution in [1.82, 2.24) is 0 Å². The van der Waals surface area contributed by atoms with Crippen molar-refractivity contribution in [1.29, 1.82) is 0 Å². The van der Waals surface area contributed by atoms with E-state index in [1.165, 1.54) is 51.4 Å². The lowest BCUT2D eigenvalue weighted by Gasteiger charge is -2.58. The number of hydrogen-bond donors (Lipinski definition) is 0. The number of carbonyl (C=O) groups is 1. The predicted molar refractivity (Wildman–Crippen MR) is 143 cm³/mol. The highest BCUT2D eigenvalue weighted by Gasteiger charge is 2.59. The summed E-state index contributed by atoms with van der Waals surface area (Å²) in [6, 6.07) is 0. The van der Waals surface area contributed by atoms with Gasteiger partial charge in [-0.3, -0.25) is 0 Å². The van der Waals surface area contributed by atoms with Crippen molar-refractivity contribution in [3.8, 4) is 12.3 Å². The Balaban J connectivity index is 1.39. The van der Waals surface area contributed by atoms with Gasteiger partial charge < -0.3 is 9.47 Å². The number of fused-ring (bicyclic) bond motifs is 5. The molecule has 196 valence electrons. The first-order chi connectivity index (χ1) is 16.7. The lowest BCUT2D eigenvalue weighted by Crippen LogP contribution is -2.51. The zero-order valence-corrected chi connectivity index (χ0v) is 23.1. The molecule has 0 amide bonds. The highest BCUT2D eigenvalue weighted by Crippen LogP contribution is 2.67. The molecule has 4 aliphatic carbocycles. The van der Waals surface area contributed by atoms with Crippen molar-refractivity contribution in [2.45, 2.75) is 118 Å². The van der Waals surface area contributed by atoms with Crippen molar-refractivity contribution in [3.05, 3.63) is 11.6 Å². The van der Waals surface area contributed by atoms with E-state index in [1.807, 2.05) is 0 Å². The number of hydrogen-bond acceptors (Lipinski definition) is 3. The van der Waals surface area contributed by atoms with Gasteiger partial charge in [-0.25, -0.2) is 4.79 Å². The molecule has 4 aliphatic rings. The van der Waals surface area contributed by atoms with Crippen LogP contribution in [-0.4, -0.2) is 18.9 Å². The summed E-state index contributed by atoms with van der Waals surface area (Å²) in [6.07, 6.45) is 21.6. The van der Waals surface area contributed by atoms with Gasteiger partial charge >= 0.3 is 6.16 Å². The Hall–Kier alpha value is -1.43. The molecule has 4 rings (SSSR count). The topological polar surface area (TPSA) is 35.5 Å². The van der Waals surface area contributed by atoms with Crippen molar-refractivity contribution >= 4 is 6.16 Å². The Kier molecular flexibility index (Phi) is 8.29. The van der Waals surface area contributed by atoms with E-state index in [1.54, 1.807) is 5.57 Å². The van der Waals surface area contributed by atoms with Crippen LogP contribution in [0.2, 0.25) is 0 Å². The monoisotopic (exact) mass is 482 g/mol. The molecular formula is C32H50O3. The SMILES string of the molecule is C#CCCOC(=O)O[C@H]1CC[C@@]2(C)C(=CC[C@H]3[C@@H]4CC[C@H]([C@H](C)CCCC(C)C)[C@@]4(C)CC[C@@H]32)C1. The fourth-order valence-electron chi connectivity index (χ4n) is 9.12. The minimum Gasteiger partial charge on any atom is -0.433 e. The molecule has 0 spiro atoms. The van der Waals surface area contributed by atoms with E-state index in [2.05, 4.69) is 46.6 Å². The first-order valence-corrected chi connectivity index (χ1v) is 14.7. The van der Waals surface area contributed by atoms with Crippen LogP contribution in [0.3, 0.4) is 0 Å². The Morgan fingerprint density at radius 1 is 1.11 bits per heavy atom. The van der Waals surface area contributed by atoms with Crippen LogP contribution in [-0.2, 0) is 9.47 Å². The maximum absolute atomic E-state index is 12.1. The number of carbonyl (C=O) groups excluding carboxylic acids is 1. The molecule has 0 aliphatic heterocycles. The molecule has 0 heterocycles. The van der Waals surface area contributed by atoms with E-state index < -0.39 is 6.16 Å². The molecule has 0 bridgehead atoms. The third-order valence-electron chi connectivity index (χ3n) is 11.0. The van der Waals surface area contributed by atoms with Crippen LogP contribution in [0.4, 0.5) is 4.79 Å². The quantitative estimate of drug-likeness (QED) is 0.150. The maximum Gasteiger partial charge on any atom is 0.508 e. The second kappa shape index (κ2) is 10.9. The molecule has 3 nitrogen and oxygen atoms in total. The molecule has 3 fully saturated rings. The van der Waals surface area contributed by atoms with Gasteiger partial charge in [-0.2, -0.15) is 0 Å². The first kappa shape index (κ1) is 26.6. The van der Waals surface area contributed by atoms with Crippen molar-refractivity contribution in [2.75, 3.05) is 6.61 Å². The Morgan fingerprint density at radius 3 is 2.66 bits per heavy atom. The minimum atomic E-state index is -0.559. The van der Waals surface area contributed by atoms with E-state index in [-0.39, 0.29) is 18.1 Å². The summed E-state index contributed by atoms with van der Waals surface area (Å²) in [4.78, 5) is 12.1. The fraction of sp³-hybridized carbons (Fsp3) is 0.844. The number of terminal acetylenes is 1. The smallest absolute Gasteiger partial charge is 0.433 e. The molecule has 0 aromatic heterocycles. The molecule has 35 heavy (non-hydrogen) atoms. The second-order valence-corrected chi connectivity index (χ2v) is 13.3. The average Bonchev–Trinajstić information content (AvgIpc) is 3.16. The van der Waals surface area contributed by atoms with Crippen molar-refractivity contribution in [3.63, 3.8) is 0 Å². The van der Waals surface area contributed by atoms with Crippen LogP contribution in [0.5, 0.6) is 0 Å². The summed E-state index contributed by atoms with van der Waals surface area (Å²) >= 11 is 0. The summed E-state index contributed by atoms with van der Waals surface area (Å²) in [7, 11) is 0. The molecule has 0 radical (unpaired) electrons. The van der Waals surface area contributed by atoms with E-state index in [9.17, 15) is 4.79 Å². The highest BCUT2D eigenvalue weighted by atomic mass is 16.7. The molecule has 0 aromatic carbocycles. The Bertz CT molecular complexity index is 821. The molecule has 0 N–H and O–H groups in total. The van der Waals surface area contributed by atoms with Gasteiger partial charge in [0, 0.05) is 12.8 Å². The normalized spacial score (nSPS) is 39.0. The van der Waals surface area contributed by atoms with Crippen LogP contribution in [0.1, 0.15) is 112 Å². The van der Waals surface area contributed by atoms with Gasteiger partial charge in [0.1, 0.15) is 12.7 Å². The van der Waals surface area contributed by atoms with Gasteiger partial charge in [0.2, 0.25) is 0 Å². The lowest BCUT2D eigenvalue weighted by atomic mass is 9.47. The van der Waals surface area contributed by atoms with Crippen LogP contribution in [0.15, 0.2) is 11.6 Å². The molecule has 0 saturated heterocycles. The van der Waals surface area contributed by atoms with Gasteiger partial charge in [0.25, 0.3) is 0 Å². The molecule has 0 unspecified atom stereocenters. The summed E-state index contributed by atoms with van der Waals surface area (Å²) in [6.45, 7) is 12.7. The van der Waals surface area contributed by atoms with Crippen LogP contribution in [0.25, 0.3) is 0 Å². The summed E-state index contributed by atoms with van der Waals surface area (Å²) in [5.41, 5.74) is 2.35. The van der Waals surface area contributed by atoms with Crippen LogP contribution >= 0.6 is 0 Å². The van der Waals surface area contributed by atoms with Gasteiger partial charge in [-0.15, -0.1) is 12.3 Å². The first-order valence-electron chi connectivity index (χ1n) is 14.7. The van der Waals surface area contributed by atoms with Gasteiger partial charge in [0.05, 0.1) is 0 Å². The van der Waals surface area contributed by atoms with E-state index in [4.69, 9.17) is 15.9 Å². The molecule has 3 saturated carbocycles. The zero-order chi connectivity index (χ0) is 25.2. The van der Waals surface area contributed by atoms with Gasteiger partial charge in [-0.1, -0.05) is 65.5 Å². The van der Waals surface area contributed by atoms with Crippen molar-refractivity contribution in [2.24, 2.45) is 46.3 Å².